The van der Waals surface area contributed by atoms with Gasteiger partial charge >= 0.3 is 6.03 Å². The van der Waals surface area contributed by atoms with Crippen LogP contribution in [0.1, 0.15) is 51.6 Å². The minimum atomic E-state index is -0.330. The first-order valence-electron chi connectivity index (χ1n) is 9.80. The highest BCUT2D eigenvalue weighted by atomic mass is 16.2. The largest absolute Gasteiger partial charge is 0.338 e. The number of rotatable bonds is 9. The Hall–Kier alpha value is -2.50. The second-order valence-electron chi connectivity index (χ2n) is 7.41. The number of para-hydroxylation sites is 1. The van der Waals surface area contributed by atoms with Crippen molar-refractivity contribution >= 4 is 11.7 Å². The van der Waals surface area contributed by atoms with E-state index in [9.17, 15) is 9.59 Å². The lowest BCUT2D eigenvalue weighted by Gasteiger charge is -2.07. The summed E-state index contributed by atoms with van der Waals surface area (Å²) in [4.78, 5) is 24.9. The van der Waals surface area contributed by atoms with Crippen LogP contribution in [-0.4, -0.2) is 21.9 Å². The fourth-order valence-corrected chi connectivity index (χ4v) is 3.10. The van der Waals surface area contributed by atoms with Crippen LogP contribution >= 0.6 is 0 Å². The molecule has 2 N–H and O–H groups in total. The van der Waals surface area contributed by atoms with Gasteiger partial charge in [0.05, 0.1) is 11.4 Å². The van der Waals surface area contributed by atoms with E-state index in [0.717, 1.165) is 24.4 Å². The van der Waals surface area contributed by atoms with E-state index in [1.54, 1.807) is 9.36 Å². The molecule has 0 spiro atoms. The zero-order chi connectivity index (χ0) is 19.8. The fourth-order valence-electron chi connectivity index (χ4n) is 3.10. The van der Waals surface area contributed by atoms with Gasteiger partial charge in [0, 0.05) is 13.6 Å². The summed E-state index contributed by atoms with van der Waals surface area (Å²) in [5.41, 5.74) is 1.57. The molecule has 27 heavy (non-hydrogen) atoms. The first kappa shape index (κ1) is 20.8. The van der Waals surface area contributed by atoms with Crippen LogP contribution in [0.25, 0.3) is 5.69 Å². The van der Waals surface area contributed by atoms with Crippen LogP contribution in [0.4, 0.5) is 10.5 Å². The molecule has 0 unspecified atom stereocenters. The molecule has 6 heteroatoms. The number of carbonyl (C=O) groups is 1. The lowest BCUT2D eigenvalue weighted by molar-refractivity contribution is 0.252. The van der Waals surface area contributed by atoms with Gasteiger partial charge in [-0.2, -0.15) is 0 Å². The van der Waals surface area contributed by atoms with Crippen molar-refractivity contribution in [1.29, 1.82) is 0 Å². The van der Waals surface area contributed by atoms with Crippen LogP contribution in [0.15, 0.2) is 35.1 Å². The molecule has 0 saturated carbocycles. The maximum absolute atomic E-state index is 12.7. The number of nitrogens with one attached hydrogen (secondary N) is 2. The molecule has 1 aromatic heterocycles. The number of urea groups is 1. The molecule has 2 aromatic rings. The van der Waals surface area contributed by atoms with Gasteiger partial charge in [-0.1, -0.05) is 57.7 Å². The predicted molar refractivity (Wildman–Crippen MR) is 111 cm³/mol. The van der Waals surface area contributed by atoms with Crippen molar-refractivity contribution in [3.05, 3.63) is 46.4 Å². The van der Waals surface area contributed by atoms with Crippen molar-refractivity contribution in [3.8, 4) is 5.69 Å². The van der Waals surface area contributed by atoms with E-state index >= 15 is 0 Å². The SMILES string of the molecule is Cc1c(NC(=O)NCCCCCCC(C)C)c(=O)n(-c2ccccc2)n1C. The number of hydrogen-bond donors (Lipinski definition) is 2. The Bertz CT molecular complexity index is 791. The number of nitrogens with zero attached hydrogens (tertiary/aromatic N) is 2. The fraction of sp³-hybridized carbons (Fsp3) is 0.524. The second-order valence-corrected chi connectivity index (χ2v) is 7.41. The zero-order valence-corrected chi connectivity index (χ0v) is 16.9. The summed E-state index contributed by atoms with van der Waals surface area (Å²) in [6.45, 7) is 6.92. The lowest BCUT2D eigenvalue weighted by Crippen LogP contribution is -2.32. The van der Waals surface area contributed by atoms with E-state index in [1.165, 1.54) is 19.3 Å². The lowest BCUT2D eigenvalue weighted by atomic mass is 10.0. The maximum Gasteiger partial charge on any atom is 0.319 e. The van der Waals surface area contributed by atoms with Gasteiger partial charge < -0.3 is 10.6 Å². The molecule has 6 nitrogen and oxygen atoms in total. The second kappa shape index (κ2) is 10.00. The topological polar surface area (TPSA) is 68.1 Å². The van der Waals surface area contributed by atoms with Crippen molar-refractivity contribution in [3.63, 3.8) is 0 Å². The third-order valence-electron chi connectivity index (χ3n) is 4.79. The minimum Gasteiger partial charge on any atom is -0.338 e. The summed E-state index contributed by atoms with van der Waals surface area (Å²) in [6.07, 6.45) is 5.76. The highest BCUT2D eigenvalue weighted by Crippen LogP contribution is 2.14. The Labute approximate surface area is 161 Å². The van der Waals surface area contributed by atoms with Crippen LogP contribution in [-0.2, 0) is 7.05 Å². The Balaban J connectivity index is 1.88. The van der Waals surface area contributed by atoms with E-state index in [0.29, 0.717) is 17.9 Å². The quantitative estimate of drug-likeness (QED) is 0.647. The summed E-state index contributed by atoms with van der Waals surface area (Å²) < 4.78 is 3.31. The molecule has 0 fully saturated rings. The van der Waals surface area contributed by atoms with Crippen LogP contribution in [0.3, 0.4) is 0 Å². The highest BCUT2D eigenvalue weighted by molar-refractivity contribution is 5.89. The molecule has 2 amide bonds. The van der Waals surface area contributed by atoms with E-state index in [1.807, 2.05) is 44.3 Å². The van der Waals surface area contributed by atoms with Gasteiger partial charge in [-0.3, -0.25) is 9.48 Å². The first-order valence-corrected chi connectivity index (χ1v) is 9.80. The average molecular weight is 373 g/mol. The van der Waals surface area contributed by atoms with E-state index in [2.05, 4.69) is 24.5 Å². The summed E-state index contributed by atoms with van der Waals surface area (Å²) >= 11 is 0. The van der Waals surface area contributed by atoms with E-state index in [-0.39, 0.29) is 11.6 Å². The van der Waals surface area contributed by atoms with Crippen molar-refractivity contribution in [1.82, 2.24) is 14.7 Å². The smallest absolute Gasteiger partial charge is 0.319 e. The van der Waals surface area contributed by atoms with Gasteiger partial charge in [0.1, 0.15) is 5.69 Å². The van der Waals surface area contributed by atoms with Crippen molar-refractivity contribution in [2.75, 3.05) is 11.9 Å². The monoisotopic (exact) mass is 372 g/mol. The predicted octanol–water partition coefficient (Wildman–Crippen LogP) is 4.21. The van der Waals surface area contributed by atoms with E-state index in [4.69, 9.17) is 0 Å². The zero-order valence-electron chi connectivity index (χ0n) is 16.9. The standard InChI is InChI=1S/C21H32N4O2/c1-16(2)12-8-5-6-11-15-22-21(27)23-19-17(3)24(4)25(20(19)26)18-13-9-7-10-14-18/h7,9-10,13-14,16H,5-6,8,11-12,15H2,1-4H3,(H2,22,23,27). The van der Waals surface area contributed by atoms with Gasteiger partial charge in [0.25, 0.3) is 5.56 Å². The van der Waals surface area contributed by atoms with Gasteiger partial charge in [0.15, 0.2) is 0 Å². The Morgan fingerprint density at radius 1 is 1.07 bits per heavy atom. The number of aromatic nitrogens is 2. The average Bonchev–Trinajstić information content (AvgIpc) is 2.85. The molecular formula is C21H32N4O2. The molecule has 148 valence electrons. The third kappa shape index (κ3) is 5.74. The molecule has 1 heterocycles. The number of anilines is 1. The van der Waals surface area contributed by atoms with Crippen LogP contribution < -0.4 is 16.2 Å². The molecule has 0 bridgehead atoms. The van der Waals surface area contributed by atoms with Crippen LogP contribution in [0, 0.1) is 12.8 Å². The van der Waals surface area contributed by atoms with Crippen LogP contribution in [0.2, 0.25) is 0 Å². The first-order chi connectivity index (χ1) is 12.9. The highest BCUT2D eigenvalue weighted by Gasteiger charge is 2.17. The number of amides is 2. The molecule has 0 aliphatic rings. The van der Waals surface area contributed by atoms with Crippen LogP contribution in [0.5, 0.6) is 0 Å². The molecule has 0 aliphatic heterocycles. The Kier molecular flexibility index (Phi) is 7.70. The van der Waals surface area contributed by atoms with Gasteiger partial charge in [0.2, 0.25) is 0 Å². The summed E-state index contributed by atoms with van der Waals surface area (Å²) in [7, 11) is 1.81. The summed E-state index contributed by atoms with van der Waals surface area (Å²) in [5, 5.41) is 5.57. The van der Waals surface area contributed by atoms with Crippen molar-refractivity contribution in [2.24, 2.45) is 13.0 Å². The Morgan fingerprint density at radius 3 is 2.41 bits per heavy atom. The number of benzene rings is 1. The van der Waals surface area contributed by atoms with Gasteiger partial charge in [-0.25, -0.2) is 9.48 Å². The van der Waals surface area contributed by atoms with Gasteiger partial charge in [-0.05, 0) is 31.4 Å². The molecular weight excluding hydrogens is 340 g/mol. The van der Waals surface area contributed by atoms with Gasteiger partial charge in [-0.15, -0.1) is 0 Å². The third-order valence-corrected chi connectivity index (χ3v) is 4.79. The molecule has 0 saturated heterocycles. The molecule has 0 atom stereocenters. The van der Waals surface area contributed by atoms with Crippen molar-refractivity contribution < 1.29 is 4.79 Å². The summed E-state index contributed by atoms with van der Waals surface area (Å²) in [6, 6.07) is 9.06. The molecule has 0 aliphatic carbocycles. The maximum atomic E-state index is 12.7. The van der Waals surface area contributed by atoms with E-state index < -0.39 is 0 Å². The number of carbonyl (C=O) groups excluding carboxylic acids is 1. The molecule has 0 radical (unpaired) electrons. The molecule has 1 aromatic carbocycles. The normalized spacial score (nSPS) is 11.0. The summed E-state index contributed by atoms with van der Waals surface area (Å²) in [5.74, 6) is 0.753. The molecule has 2 rings (SSSR count). The van der Waals surface area contributed by atoms with Crippen molar-refractivity contribution in [2.45, 2.75) is 52.9 Å². The number of unbranched alkanes of at least 4 members (excludes halogenated alkanes) is 3. The number of hydrogen-bond acceptors (Lipinski definition) is 2. The Morgan fingerprint density at radius 2 is 1.74 bits per heavy atom. The minimum absolute atomic E-state index is 0.231.